The molecule has 1 rings (SSSR count). The molecule has 6 nitrogen and oxygen atoms in total. The first-order valence-electron chi connectivity index (χ1n) is 7.45. The number of nitrogens with zero attached hydrogens (tertiary/aromatic N) is 1. The highest BCUT2D eigenvalue weighted by Gasteiger charge is 2.16. The van der Waals surface area contributed by atoms with Crippen molar-refractivity contribution in [3.05, 3.63) is 29.8 Å². The van der Waals surface area contributed by atoms with Crippen LogP contribution in [0.5, 0.6) is 5.75 Å². The summed E-state index contributed by atoms with van der Waals surface area (Å²) < 4.78 is 36.5. The predicted octanol–water partition coefficient (Wildman–Crippen LogP) is 2.47. The Morgan fingerprint density at radius 2 is 1.92 bits per heavy atom. The first-order valence-corrected chi connectivity index (χ1v) is 7.45. The van der Waals surface area contributed by atoms with E-state index in [9.17, 15) is 13.6 Å². The Bertz CT molecular complexity index is 592. The first-order chi connectivity index (χ1) is 11.2. The summed E-state index contributed by atoms with van der Waals surface area (Å²) in [5, 5.41) is 5.69. The zero-order chi connectivity index (χ0) is 18.2. The van der Waals surface area contributed by atoms with Crippen LogP contribution in [0.25, 0.3) is 0 Å². The Labute approximate surface area is 163 Å². The van der Waals surface area contributed by atoms with Crippen molar-refractivity contribution in [1.29, 1.82) is 0 Å². The van der Waals surface area contributed by atoms with Gasteiger partial charge in [0.25, 0.3) is 0 Å². The highest BCUT2D eigenvalue weighted by molar-refractivity contribution is 14.0. The molecule has 0 saturated heterocycles. The lowest BCUT2D eigenvalue weighted by atomic mass is 10.2. The van der Waals surface area contributed by atoms with Crippen LogP contribution in [0, 0.1) is 11.6 Å². The summed E-state index contributed by atoms with van der Waals surface area (Å²) in [4.78, 5) is 15.5. The molecule has 0 aliphatic carbocycles. The molecule has 0 fully saturated rings. The van der Waals surface area contributed by atoms with Crippen LogP contribution in [0.4, 0.5) is 8.78 Å². The Balaban J connectivity index is 0.00000576. The van der Waals surface area contributed by atoms with Crippen LogP contribution >= 0.6 is 24.0 Å². The third-order valence-corrected chi connectivity index (χ3v) is 2.59. The minimum atomic E-state index is -0.762. The maximum absolute atomic E-state index is 13.4. The van der Waals surface area contributed by atoms with Crippen LogP contribution in [0.1, 0.15) is 20.8 Å². The SMILES string of the molecule is CN=C(NCCOc1ccc(F)cc1F)NCC(=O)OC(C)(C)C.I. The van der Waals surface area contributed by atoms with Gasteiger partial charge in [-0.15, -0.1) is 24.0 Å². The molecule has 0 saturated carbocycles. The van der Waals surface area contributed by atoms with E-state index in [4.69, 9.17) is 9.47 Å². The standard InChI is InChI=1S/C16H23F2N3O3.HI/c1-16(2,3)24-14(22)10-21-15(19-4)20-7-8-23-13-6-5-11(17)9-12(13)18;/h5-6,9H,7-8,10H2,1-4H3,(H2,19,20,21);1H. The van der Waals surface area contributed by atoms with Crippen LogP contribution in [0.15, 0.2) is 23.2 Å². The van der Waals surface area contributed by atoms with Crippen molar-refractivity contribution in [2.24, 2.45) is 4.99 Å². The topological polar surface area (TPSA) is 72.0 Å². The van der Waals surface area contributed by atoms with Gasteiger partial charge in [0.15, 0.2) is 17.5 Å². The molecule has 0 amide bonds. The molecule has 0 unspecified atom stereocenters. The molecule has 142 valence electrons. The van der Waals surface area contributed by atoms with Gasteiger partial charge in [-0.05, 0) is 32.9 Å². The molecule has 1 aromatic rings. The van der Waals surface area contributed by atoms with Crippen molar-refractivity contribution in [1.82, 2.24) is 10.6 Å². The van der Waals surface area contributed by atoms with Gasteiger partial charge in [-0.1, -0.05) is 0 Å². The molecule has 0 aromatic heterocycles. The molecule has 2 N–H and O–H groups in total. The van der Waals surface area contributed by atoms with Gasteiger partial charge in [-0.3, -0.25) is 9.79 Å². The molecule has 0 spiro atoms. The zero-order valence-electron chi connectivity index (χ0n) is 14.7. The Kier molecular flexibility index (Phi) is 10.3. The van der Waals surface area contributed by atoms with Crippen LogP contribution in [0.2, 0.25) is 0 Å². The predicted molar refractivity (Wildman–Crippen MR) is 102 cm³/mol. The molecule has 9 heteroatoms. The summed E-state index contributed by atoms with van der Waals surface area (Å²) in [6, 6.07) is 3.09. The molecule has 0 heterocycles. The Hall–Kier alpha value is -1.65. The number of hydrogen-bond acceptors (Lipinski definition) is 4. The molecule has 0 atom stereocenters. The summed E-state index contributed by atoms with van der Waals surface area (Å²) in [7, 11) is 1.55. The number of ether oxygens (including phenoxy) is 2. The highest BCUT2D eigenvalue weighted by Crippen LogP contribution is 2.17. The zero-order valence-corrected chi connectivity index (χ0v) is 17.0. The number of carbonyl (C=O) groups excluding carboxylic acids is 1. The normalized spacial score (nSPS) is 11.4. The summed E-state index contributed by atoms with van der Waals surface area (Å²) in [5.41, 5.74) is -0.553. The van der Waals surface area contributed by atoms with Gasteiger partial charge in [0.1, 0.15) is 24.6 Å². The number of esters is 1. The van der Waals surface area contributed by atoms with Crippen LogP contribution in [0.3, 0.4) is 0 Å². The van der Waals surface area contributed by atoms with Crippen LogP contribution < -0.4 is 15.4 Å². The Morgan fingerprint density at radius 1 is 1.24 bits per heavy atom. The molecule has 0 aliphatic heterocycles. The lowest BCUT2D eigenvalue weighted by molar-refractivity contribution is -0.153. The van der Waals surface area contributed by atoms with E-state index in [1.807, 2.05) is 0 Å². The number of benzene rings is 1. The van der Waals surface area contributed by atoms with Crippen molar-refractivity contribution in [3.8, 4) is 5.75 Å². The minimum Gasteiger partial charge on any atom is -0.489 e. The smallest absolute Gasteiger partial charge is 0.325 e. The maximum Gasteiger partial charge on any atom is 0.325 e. The summed E-state index contributed by atoms with van der Waals surface area (Å²) >= 11 is 0. The number of halogens is 3. The summed E-state index contributed by atoms with van der Waals surface area (Å²) in [5.74, 6) is -1.49. The number of hydrogen-bond donors (Lipinski definition) is 2. The number of aliphatic imine (C=N–C) groups is 1. The fourth-order valence-electron chi connectivity index (χ4n) is 1.68. The van der Waals surface area contributed by atoms with Crippen molar-refractivity contribution < 1.29 is 23.0 Å². The fourth-order valence-corrected chi connectivity index (χ4v) is 1.68. The third kappa shape index (κ3) is 10.0. The van der Waals surface area contributed by atoms with E-state index in [1.165, 1.54) is 6.07 Å². The van der Waals surface area contributed by atoms with E-state index in [2.05, 4.69) is 15.6 Å². The second-order valence-corrected chi connectivity index (χ2v) is 5.86. The van der Waals surface area contributed by atoms with E-state index >= 15 is 0 Å². The van der Waals surface area contributed by atoms with Gasteiger partial charge in [0.2, 0.25) is 0 Å². The quantitative estimate of drug-likeness (QED) is 0.219. The molecule has 0 radical (unpaired) electrons. The highest BCUT2D eigenvalue weighted by atomic mass is 127. The van der Waals surface area contributed by atoms with Gasteiger partial charge in [-0.25, -0.2) is 8.78 Å². The number of nitrogens with one attached hydrogen (secondary N) is 2. The van der Waals surface area contributed by atoms with E-state index in [1.54, 1.807) is 27.8 Å². The van der Waals surface area contributed by atoms with Gasteiger partial charge in [-0.2, -0.15) is 0 Å². The minimum absolute atomic E-state index is 0. The molecule has 0 aliphatic rings. The Morgan fingerprint density at radius 3 is 2.48 bits per heavy atom. The average Bonchev–Trinajstić information content (AvgIpc) is 2.46. The van der Waals surface area contributed by atoms with E-state index in [-0.39, 0.29) is 42.9 Å². The molecular formula is C16H24F2IN3O3. The first kappa shape index (κ1) is 23.4. The van der Waals surface area contributed by atoms with Crippen molar-refractivity contribution in [2.75, 3.05) is 26.7 Å². The second-order valence-electron chi connectivity index (χ2n) is 5.86. The van der Waals surface area contributed by atoms with E-state index < -0.39 is 23.2 Å². The number of carbonyl (C=O) groups is 1. The number of guanidine groups is 1. The molecule has 1 aromatic carbocycles. The van der Waals surface area contributed by atoms with Crippen molar-refractivity contribution in [2.45, 2.75) is 26.4 Å². The number of rotatable bonds is 6. The largest absolute Gasteiger partial charge is 0.489 e. The third-order valence-electron chi connectivity index (χ3n) is 2.59. The van der Waals surface area contributed by atoms with Gasteiger partial charge in [0, 0.05) is 13.1 Å². The monoisotopic (exact) mass is 471 g/mol. The van der Waals surface area contributed by atoms with Gasteiger partial charge in [0.05, 0.1) is 6.54 Å². The second kappa shape index (κ2) is 11.1. The van der Waals surface area contributed by atoms with E-state index in [0.29, 0.717) is 12.5 Å². The summed E-state index contributed by atoms with van der Waals surface area (Å²) in [6.07, 6.45) is 0. The van der Waals surface area contributed by atoms with Crippen LogP contribution in [-0.4, -0.2) is 44.3 Å². The lowest BCUT2D eigenvalue weighted by Gasteiger charge is -2.20. The average molecular weight is 471 g/mol. The van der Waals surface area contributed by atoms with Gasteiger partial charge < -0.3 is 20.1 Å². The maximum atomic E-state index is 13.4. The van der Waals surface area contributed by atoms with Crippen molar-refractivity contribution >= 4 is 35.9 Å². The lowest BCUT2D eigenvalue weighted by Crippen LogP contribution is -2.42. The van der Waals surface area contributed by atoms with E-state index in [0.717, 1.165) is 12.1 Å². The molecule has 0 bridgehead atoms. The summed E-state index contributed by atoms with van der Waals surface area (Å²) in [6.45, 7) is 5.75. The van der Waals surface area contributed by atoms with Crippen molar-refractivity contribution in [3.63, 3.8) is 0 Å². The van der Waals surface area contributed by atoms with Crippen LogP contribution in [-0.2, 0) is 9.53 Å². The molecular weight excluding hydrogens is 447 g/mol. The molecule has 25 heavy (non-hydrogen) atoms. The van der Waals surface area contributed by atoms with Gasteiger partial charge >= 0.3 is 5.97 Å². The fraction of sp³-hybridized carbons (Fsp3) is 0.500.